The Balaban J connectivity index is 1.98. The summed E-state index contributed by atoms with van der Waals surface area (Å²) in [7, 11) is 0. The van der Waals surface area contributed by atoms with Gasteiger partial charge in [-0.3, -0.25) is 14.4 Å². The average molecular weight is 578 g/mol. The van der Waals surface area contributed by atoms with Gasteiger partial charge in [0.05, 0.1) is 18.0 Å². The predicted octanol–water partition coefficient (Wildman–Crippen LogP) is 3.49. The zero-order valence-corrected chi connectivity index (χ0v) is 24.1. The van der Waals surface area contributed by atoms with E-state index in [0.29, 0.717) is 16.0 Å². The lowest BCUT2D eigenvalue weighted by molar-refractivity contribution is -0.148. The van der Waals surface area contributed by atoms with Crippen molar-refractivity contribution in [2.75, 3.05) is 13.1 Å². The normalized spacial score (nSPS) is 19.1. The van der Waals surface area contributed by atoms with Crippen LogP contribution in [0, 0.1) is 31.0 Å². The topological polar surface area (TPSA) is 119 Å². The second-order valence-electron chi connectivity index (χ2n) is 11.7. The Labute approximate surface area is 237 Å². The van der Waals surface area contributed by atoms with Crippen molar-refractivity contribution in [2.24, 2.45) is 11.3 Å². The lowest BCUT2D eigenvalue weighted by Gasteiger charge is -2.34. The molecule has 4 N–H and O–H groups in total. The van der Waals surface area contributed by atoms with Gasteiger partial charge in [0.2, 0.25) is 5.91 Å². The average Bonchev–Trinajstić information content (AvgIpc) is 3.06. The smallest absolute Gasteiger partial charge is 0.272 e. The number of likely N-dealkylation sites (tertiary alicyclic amines) is 1. The first kappa shape index (κ1) is 31.9. The number of halogens is 3. The number of aryl methyl sites for hydroxylation is 1. The van der Waals surface area contributed by atoms with Gasteiger partial charge in [0.1, 0.15) is 17.6 Å². The van der Waals surface area contributed by atoms with Crippen molar-refractivity contribution in [3.63, 3.8) is 0 Å². The van der Waals surface area contributed by atoms with Gasteiger partial charge in [-0.1, -0.05) is 39.8 Å². The van der Waals surface area contributed by atoms with Crippen molar-refractivity contribution in [3.05, 3.63) is 64.5 Å². The van der Waals surface area contributed by atoms with E-state index >= 15 is 8.78 Å². The summed E-state index contributed by atoms with van der Waals surface area (Å²) < 4.78 is 44.3. The number of benzene rings is 2. The van der Waals surface area contributed by atoms with Crippen LogP contribution >= 0.6 is 0 Å². The minimum absolute atomic E-state index is 0.0223. The van der Waals surface area contributed by atoms with Gasteiger partial charge in [0.15, 0.2) is 6.10 Å². The van der Waals surface area contributed by atoms with E-state index in [1.54, 1.807) is 6.92 Å². The maximum Gasteiger partial charge on any atom is 0.272 e. The molecule has 0 unspecified atom stereocenters. The Bertz CT molecular complexity index is 1310. The molecule has 1 saturated heterocycles. The van der Waals surface area contributed by atoms with Gasteiger partial charge in [-0.25, -0.2) is 13.2 Å². The molecule has 224 valence electrons. The van der Waals surface area contributed by atoms with Gasteiger partial charge in [-0.15, -0.1) is 0 Å². The van der Waals surface area contributed by atoms with Crippen LogP contribution in [0.1, 0.15) is 54.7 Å². The third-order valence-electron chi connectivity index (χ3n) is 7.59. The number of aromatic hydroxyl groups is 1. The number of hydrogen-bond acceptors (Lipinski definition) is 5. The van der Waals surface area contributed by atoms with Crippen LogP contribution < -0.4 is 10.6 Å². The first-order chi connectivity index (χ1) is 19.0. The number of amides is 3. The summed E-state index contributed by atoms with van der Waals surface area (Å²) in [6, 6.07) is 5.29. The van der Waals surface area contributed by atoms with Crippen molar-refractivity contribution in [1.29, 1.82) is 0 Å². The van der Waals surface area contributed by atoms with Gasteiger partial charge in [-0.05, 0) is 61.6 Å². The van der Waals surface area contributed by atoms with Crippen LogP contribution in [-0.4, -0.2) is 70.0 Å². The summed E-state index contributed by atoms with van der Waals surface area (Å²) in [6.45, 7) is 8.30. The summed E-state index contributed by atoms with van der Waals surface area (Å²) in [5.41, 5.74) is -0.731. The van der Waals surface area contributed by atoms with Gasteiger partial charge in [-0.2, -0.15) is 0 Å². The third-order valence-corrected chi connectivity index (χ3v) is 7.59. The van der Waals surface area contributed by atoms with E-state index in [1.807, 2.05) is 13.8 Å². The van der Waals surface area contributed by atoms with E-state index in [-0.39, 0.29) is 35.8 Å². The van der Waals surface area contributed by atoms with E-state index in [0.717, 1.165) is 6.07 Å². The molecule has 0 saturated carbocycles. The summed E-state index contributed by atoms with van der Waals surface area (Å²) in [6.07, 6.45) is -2.29. The Morgan fingerprint density at radius 1 is 1.12 bits per heavy atom. The highest BCUT2D eigenvalue weighted by molar-refractivity contribution is 5.97. The molecule has 0 spiro atoms. The molecule has 2 aromatic rings. The number of nitrogens with zero attached hydrogens (tertiary/aromatic N) is 1. The molecule has 41 heavy (non-hydrogen) atoms. The maximum absolute atomic E-state index is 15.2. The Kier molecular flexibility index (Phi) is 9.42. The van der Waals surface area contributed by atoms with E-state index in [9.17, 15) is 29.0 Å². The standard InChI is InChI=1S/C30H38F3N3O5/c1-16(2)14-34-27(40)25-29(5,6)30(32,33)15-36(25)28(41)24(38)22(13-19-8-7-9-20(31)12-19)35-26(39)21-10-17(3)11-23(37)18(21)4/h7-12,16,22,24-25,37-38H,13-15H2,1-6H3,(H,34,40)(H,35,39)/t22-,24-,25-/m0/s1. The number of alkyl halides is 2. The lowest BCUT2D eigenvalue weighted by Crippen LogP contribution is -2.58. The van der Waals surface area contributed by atoms with Crippen LogP contribution in [0.3, 0.4) is 0 Å². The molecule has 1 heterocycles. The van der Waals surface area contributed by atoms with E-state index in [4.69, 9.17) is 0 Å². The molecule has 0 aromatic heterocycles. The SMILES string of the molecule is Cc1cc(O)c(C)c(C(=O)N[C@@H](Cc2cccc(F)c2)[C@H](O)C(=O)N2CC(F)(F)C(C)(C)[C@@H]2C(=O)NCC(C)C)c1. The largest absolute Gasteiger partial charge is 0.508 e. The van der Waals surface area contributed by atoms with Crippen molar-refractivity contribution in [1.82, 2.24) is 15.5 Å². The van der Waals surface area contributed by atoms with Gasteiger partial charge >= 0.3 is 0 Å². The first-order valence-electron chi connectivity index (χ1n) is 13.5. The fourth-order valence-electron chi connectivity index (χ4n) is 5.00. The van der Waals surface area contributed by atoms with Crippen molar-refractivity contribution < 1.29 is 37.8 Å². The van der Waals surface area contributed by atoms with Crippen molar-refractivity contribution in [3.8, 4) is 5.75 Å². The van der Waals surface area contributed by atoms with E-state index in [2.05, 4.69) is 10.6 Å². The molecule has 0 bridgehead atoms. The molecule has 2 aromatic carbocycles. The van der Waals surface area contributed by atoms with E-state index < -0.39 is 59.6 Å². The molecule has 0 aliphatic carbocycles. The van der Waals surface area contributed by atoms with Crippen molar-refractivity contribution in [2.45, 2.75) is 72.1 Å². The number of aliphatic hydroxyl groups excluding tert-OH is 1. The zero-order chi connectivity index (χ0) is 30.9. The summed E-state index contributed by atoms with van der Waals surface area (Å²) in [5, 5.41) is 26.6. The van der Waals surface area contributed by atoms with Crippen molar-refractivity contribution >= 4 is 17.7 Å². The van der Waals surface area contributed by atoms with Crippen LogP contribution in [0.2, 0.25) is 0 Å². The minimum Gasteiger partial charge on any atom is -0.508 e. The molecule has 3 atom stereocenters. The molecule has 3 amide bonds. The number of aliphatic hydroxyl groups is 1. The number of phenolic OH excluding ortho intramolecular Hbond substituents is 1. The quantitative estimate of drug-likeness (QED) is 0.364. The highest BCUT2D eigenvalue weighted by atomic mass is 19.3. The summed E-state index contributed by atoms with van der Waals surface area (Å²) >= 11 is 0. The fourth-order valence-corrected chi connectivity index (χ4v) is 5.00. The highest BCUT2D eigenvalue weighted by Gasteiger charge is 2.64. The number of rotatable bonds is 9. The molecular formula is C30H38F3N3O5. The van der Waals surface area contributed by atoms with Crippen LogP contribution in [0.5, 0.6) is 5.75 Å². The molecule has 8 nitrogen and oxygen atoms in total. The second-order valence-corrected chi connectivity index (χ2v) is 11.7. The molecule has 3 rings (SSSR count). The minimum atomic E-state index is -3.46. The lowest BCUT2D eigenvalue weighted by atomic mass is 9.81. The number of carbonyl (C=O) groups is 3. The molecule has 1 aliphatic rings. The van der Waals surface area contributed by atoms with Crippen LogP contribution in [0.15, 0.2) is 36.4 Å². The Hall–Kier alpha value is -3.60. The fraction of sp³-hybridized carbons (Fsp3) is 0.500. The molecule has 1 aliphatic heterocycles. The van der Waals surface area contributed by atoms with Gasteiger partial charge < -0.3 is 25.7 Å². The molecular weight excluding hydrogens is 539 g/mol. The molecule has 11 heteroatoms. The maximum atomic E-state index is 15.2. The summed E-state index contributed by atoms with van der Waals surface area (Å²) in [5.74, 6) is -6.86. The van der Waals surface area contributed by atoms with Crippen LogP contribution in [-0.2, 0) is 16.0 Å². The zero-order valence-electron chi connectivity index (χ0n) is 24.1. The van der Waals surface area contributed by atoms with Crippen LogP contribution in [0.25, 0.3) is 0 Å². The predicted molar refractivity (Wildman–Crippen MR) is 147 cm³/mol. The van der Waals surface area contributed by atoms with Gasteiger partial charge in [0, 0.05) is 17.7 Å². The van der Waals surface area contributed by atoms with E-state index in [1.165, 1.54) is 51.1 Å². The first-order valence-corrected chi connectivity index (χ1v) is 13.5. The summed E-state index contributed by atoms with van der Waals surface area (Å²) in [4.78, 5) is 40.7. The monoisotopic (exact) mass is 577 g/mol. The highest BCUT2D eigenvalue weighted by Crippen LogP contribution is 2.48. The molecule has 1 fully saturated rings. The molecule has 0 radical (unpaired) electrons. The number of phenols is 1. The van der Waals surface area contributed by atoms with Crippen LogP contribution in [0.4, 0.5) is 13.2 Å². The Morgan fingerprint density at radius 2 is 1.78 bits per heavy atom. The Morgan fingerprint density at radius 3 is 2.39 bits per heavy atom. The number of nitrogens with one attached hydrogen (secondary N) is 2. The third kappa shape index (κ3) is 6.83. The second kappa shape index (κ2) is 12.1. The van der Waals surface area contributed by atoms with Gasteiger partial charge in [0.25, 0.3) is 17.7 Å². The number of carbonyl (C=O) groups excluding carboxylic acids is 3. The number of hydrogen-bond donors (Lipinski definition) is 4.